The summed E-state index contributed by atoms with van der Waals surface area (Å²) >= 11 is 0. The minimum absolute atomic E-state index is 0.0148. The number of nitro benzene ring substituents is 1. The van der Waals surface area contributed by atoms with E-state index in [4.69, 9.17) is 0 Å². The number of carbonyl (C=O) groups is 1. The normalized spacial score (nSPS) is 15.2. The van der Waals surface area contributed by atoms with Crippen LogP contribution in [0.25, 0.3) is 0 Å². The van der Waals surface area contributed by atoms with Crippen LogP contribution < -0.4 is 4.90 Å². The number of nitro groups is 1. The Bertz CT molecular complexity index is 469. The number of carbonyl (C=O) groups excluding carboxylic acids is 1. The van der Waals surface area contributed by atoms with Gasteiger partial charge in [0.25, 0.3) is 5.69 Å². The molecule has 0 aliphatic carbocycles. The number of benzene rings is 1. The summed E-state index contributed by atoms with van der Waals surface area (Å²) in [7, 11) is 0. The Morgan fingerprint density at radius 1 is 1.29 bits per heavy atom. The summed E-state index contributed by atoms with van der Waals surface area (Å²) in [6.45, 7) is 4.69. The van der Waals surface area contributed by atoms with E-state index in [1.54, 1.807) is 17.0 Å². The van der Waals surface area contributed by atoms with E-state index < -0.39 is 4.92 Å². The standard InChI is InChI=1S/C11H11N3O3/c1-2-12-7-8-13(11(12)15)9-3-5-10(6-4-9)14(16)17/h2-6H,1,7-8H2. The van der Waals surface area contributed by atoms with Crippen LogP contribution in [0.5, 0.6) is 0 Å². The zero-order valence-corrected chi connectivity index (χ0v) is 9.07. The van der Waals surface area contributed by atoms with Crippen LogP contribution in [-0.2, 0) is 0 Å². The lowest BCUT2D eigenvalue weighted by Gasteiger charge is -2.15. The molecule has 0 N–H and O–H groups in total. The summed E-state index contributed by atoms with van der Waals surface area (Å²) in [6, 6.07) is 5.76. The first kappa shape index (κ1) is 11.1. The maximum atomic E-state index is 11.8. The summed E-state index contributed by atoms with van der Waals surface area (Å²) in [5.41, 5.74) is 0.672. The van der Waals surface area contributed by atoms with Crippen LogP contribution in [0, 0.1) is 10.1 Å². The van der Waals surface area contributed by atoms with E-state index in [0.717, 1.165) is 0 Å². The number of non-ortho nitro benzene ring substituents is 1. The predicted molar refractivity (Wildman–Crippen MR) is 62.7 cm³/mol. The SMILES string of the molecule is C=CN1CCN(c2ccc([N+](=O)[O-])cc2)C1=O. The first-order valence-electron chi connectivity index (χ1n) is 5.08. The van der Waals surface area contributed by atoms with Gasteiger partial charge in [-0.15, -0.1) is 0 Å². The molecule has 1 heterocycles. The second kappa shape index (κ2) is 4.25. The lowest BCUT2D eigenvalue weighted by molar-refractivity contribution is -0.384. The maximum Gasteiger partial charge on any atom is 0.328 e. The Kier molecular flexibility index (Phi) is 2.78. The van der Waals surface area contributed by atoms with Gasteiger partial charge in [-0.2, -0.15) is 0 Å². The molecule has 1 fully saturated rings. The van der Waals surface area contributed by atoms with Gasteiger partial charge < -0.3 is 0 Å². The largest absolute Gasteiger partial charge is 0.328 e. The smallest absolute Gasteiger partial charge is 0.299 e. The Balaban J connectivity index is 2.21. The molecule has 0 radical (unpaired) electrons. The van der Waals surface area contributed by atoms with Crippen molar-refractivity contribution in [2.45, 2.75) is 0 Å². The summed E-state index contributed by atoms with van der Waals surface area (Å²) < 4.78 is 0. The molecule has 0 bridgehead atoms. The van der Waals surface area contributed by atoms with Gasteiger partial charge in [0.2, 0.25) is 0 Å². The van der Waals surface area contributed by atoms with E-state index in [1.165, 1.54) is 23.2 Å². The molecule has 1 aromatic rings. The highest BCUT2D eigenvalue weighted by atomic mass is 16.6. The second-order valence-electron chi connectivity index (χ2n) is 3.58. The zero-order chi connectivity index (χ0) is 12.4. The van der Waals surface area contributed by atoms with E-state index in [9.17, 15) is 14.9 Å². The zero-order valence-electron chi connectivity index (χ0n) is 9.07. The van der Waals surface area contributed by atoms with Gasteiger partial charge in [0, 0.05) is 37.1 Å². The van der Waals surface area contributed by atoms with Crippen LogP contribution >= 0.6 is 0 Å². The van der Waals surface area contributed by atoms with Crippen molar-refractivity contribution in [3.63, 3.8) is 0 Å². The summed E-state index contributed by atoms with van der Waals surface area (Å²) in [5.74, 6) is 0. The fourth-order valence-electron chi connectivity index (χ4n) is 1.72. The molecule has 88 valence electrons. The van der Waals surface area contributed by atoms with Gasteiger partial charge in [-0.3, -0.25) is 19.9 Å². The number of hydrogen-bond donors (Lipinski definition) is 0. The molecule has 0 unspecified atom stereocenters. The first-order chi connectivity index (χ1) is 8.13. The molecule has 0 saturated carbocycles. The van der Waals surface area contributed by atoms with Crippen LogP contribution in [0.2, 0.25) is 0 Å². The van der Waals surface area contributed by atoms with Crippen molar-refractivity contribution >= 4 is 17.4 Å². The predicted octanol–water partition coefficient (Wildman–Crippen LogP) is 1.98. The quantitative estimate of drug-likeness (QED) is 0.592. The van der Waals surface area contributed by atoms with E-state index in [0.29, 0.717) is 18.8 Å². The van der Waals surface area contributed by atoms with Crippen LogP contribution in [0.3, 0.4) is 0 Å². The number of hydrogen-bond acceptors (Lipinski definition) is 3. The van der Waals surface area contributed by atoms with E-state index >= 15 is 0 Å². The first-order valence-corrected chi connectivity index (χ1v) is 5.08. The molecule has 0 atom stereocenters. The fraction of sp³-hybridized carbons (Fsp3) is 0.182. The molecule has 2 amide bonds. The minimum atomic E-state index is -0.467. The van der Waals surface area contributed by atoms with Gasteiger partial charge in [-0.25, -0.2) is 4.79 Å². The molecular formula is C11H11N3O3. The molecule has 1 aliphatic rings. The Labute approximate surface area is 97.9 Å². The van der Waals surface area contributed by atoms with Crippen molar-refractivity contribution in [3.8, 4) is 0 Å². The van der Waals surface area contributed by atoms with Crippen LogP contribution in [0.4, 0.5) is 16.2 Å². The lowest BCUT2D eigenvalue weighted by Crippen LogP contribution is -2.28. The third-order valence-corrected chi connectivity index (χ3v) is 2.63. The minimum Gasteiger partial charge on any atom is -0.299 e. The number of amides is 2. The lowest BCUT2D eigenvalue weighted by atomic mass is 10.2. The fourth-order valence-corrected chi connectivity index (χ4v) is 1.72. The number of anilines is 1. The van der Waals surface area contributed by atoms with Crippen LogP contribution in [-0.4, -0.2) is 28.9 Å². The molecule has 6 heteroatoms. The molecular weight excluding hydrogens is 222 g/mol. The number of nitrogens with zero attached hydrogens (tertiary/aromatic N) is 3. The highest BCUT2D eigenvalue weighted by molar-refractivity contribution is 5.94. The van der Waals surface area contributed by atoms with Crippen molar-refractivity contribution in [1.29, 1.82) is 0 Å². The average molecular weight is 233 g/mol. The van der Waals surface area contributed by atoms with Crippen LogP contribution in [0.15, 0.2) is 37.0 Å². The topological polar surface area (TPSA) is 66.7 Å². The molecule has 6 nitrogen and oxygen atoms in total. The van der Waals surface area contributed by atoms with Crippen LogP contribution in [0.1, 0.15) is 0 Å². The molecule has 0 aromatic heterocycles. The monoisotopic (exact) mass is 233 g/mol. The molecule has 1 aliphatic heterocycles. The van der Waals surface area contributed by atoms with E-state index in [-0.39, 0.29) is 11.7 Å². The average Bonchev–Trinajstić information content (AvgIpc) is 2.70. The Hall–Kier alpha value is -2.37. The summed E-state index contributed by atoms with van der Waals surface area (Å²) in [5, 5.41) is 10.5. The van der Waals surface area contributed by atoms with Gasteiger partial charge in [-0.05, 0) is 12.1 Å². The molecule has 17 heavy (non-hydrogen) atoms. The molecule has 1 saturated heterocycles. The highest BCUT2D eigenvalue weighted by Crippen LogP contribution is 2.23. The van der Waals surface area contributed by atoms with Gasteiger partial charge in [-0.1, -0.05) is 6.58 Å². The third kappa shape index (κ3) is 1.96. The summed E-state index contributed by atoms with van der Waals surface area (Å²) in [4.78, 5) is 24.9. The van der Waals surface area contributed by atoms with Gasteiger partial charge in [0.1, 0.15) is 0 Å². The van der Waals surface area contributed by atoms with Gasteiger partial charge >= 0.3 is 6.03 Å². The Morgan fingerprint density at radius 3 is 2.41 bits per heavy atom. The van der Waals surface area contributed by atoms with E-state index in [2.05, 4.69) is 6.58 Å². The van der Waals surface area contributed by atoms with Crippen molar-refractivity contribution in [2.24, 2.45) is 0 Å². The Morgan fingerprint density at radius 2 is 1.94 bits per heavy atom. The molecule has 2 rings (SSSR count). The maximum absolute atomic E-state index is 11.8. The van der Waals surface area contributed by atoms with Crippen molar-refractivity contribution in [3.05, 3.63) is 47.2 Å². The highest BCUT2D eigenvalue weighted by Gasteiger charge is 2.27. The van der Waals surface area contributed by atoms with Crippen molar-refractivity contribution < 1.29 is 9.72 Å². The number of urea groups is 1. The summed E-state index contributed by atoms with van der Waals surface area (Å²) in [6.07, 6.45) is 1.48. The van der Waals surface area contributed by atoms with Crippen molar-refractivity contribution in [2.75, 3.05) is 18.0 Å². The second-order valence-corrected chi connectivity index (χ2v) is 3.58. The number of rotatable bonds is 3. The van der Waals surface area contributed by atoms with Gasteiger partial charge in [0.05, 0.1) is 4.92 Å². The molecule has 1 aromatic carbocycles. The van der Waals surface area contributed by atoms with E-state index in [1.807, 2.05) is 0 Å². The van der Waals surface area contributed by atoms with Gasteiger partial charge in [0.15, 0.2) is 0 Å². The van der Waals surface area contributed by atoms with Crippen molar-refractivity contribution in [1.82, 2.24) is 4.90 Å². The molecule has 0 spiro atoms. The third-order valence-electron chi connectivity index (χ3n) is 2.63.